The Balaban J connectivity index is 2.24. The highest BCUT2D eigenvalue weighted by molar-refractivity contribution is 5.77. The van der Waals surface area contributed by atoms with Gasteiger partial charge in [0.15, 0.2) is 0 Å². The van der Waals surface area contributed by atoms with Crippen LogP contribution in [0.25, 0.3) is 10.9 Å². The minimum absolute atomic E-state index is 0.169. The molecule has 100 valence electrons. The van der Waals surface area contributed by atoms with Crippen LogP contribution in [0.5, 0.6) is 0 Å². The van der Waals surface area contributed by atoms with Crippen molar-refractivity contribution in [3.8, 4) is 0 Å². The molecule has 0 saturated carbocycles. The molecule has 1 fully saturated rings. The van der Waals surface area contributed by atoms with Crippen LogP contribution in [0.3, 0.4) is 0 Å². The first-order chi connectivity index (χ1) is 9.16. The zero-order valence-corrected chi connectivity index (χ0v) is 10.3. The molecule has 1 aliphatic heterocycles. The lowest BCUT2D eigenvalue weighted by molar-refractivity contribution is 0.355. The number of benzene rings is 1. The summed E-state index contributed by atoms with van der Waals surface area (Å²) in [4.78, 5) is 27.0. The van der Waals surface area contributed by atoms with Gasteiger partial charge in [0.2, 0.25) is 0 Å². The van der Waals surface area contributed by atoms with Gasteiger partial charge in [0.25, 0.3) is 5.56 Å². The van der Waals surface area contributed by atoms with Crippen molar-refractivity contribution in [1.82, 2.24) is 14.9 Å². The van der Waals surface area contributed by atoms with Crippen molar-refractivity contribution in [2.75, 3.05) is 13.1 Å². The molecule has 2 N–H and O–H groups in total. The number of fused-ring (bicyclic) bond motifs is 1. The number of H-pyrrole nitrogens is 1. The number of aromatic amines is 1. The Labute approximate surface area is 108 Å². The monoisotopic (exact) mass is 263 g/mol. The van der Waals surface area contributed by atoms with E-state index in [9.17, 15) is 14.0 Å². The van der Waals surface area contributed by atoms with Gasteiger partial charge in [-0.2, -0.15) is 0 Å². The van der Waals surface area contributed by atoms with Crippen LogP contribution < -0.4 is 16.6 Å². The zero-order chi connectivity index (χ0) is 13.4. The van der Waals surface area contributed by atoms with E-state index in [0.29, 0.717) is 12.1 Å². The highest BCUT2D eigenvalue weighted by Gasteiger charge is 2.19. The number of hydrogen-bond donors (Lipinski definition) is 2. The van der Waals surface area contributed by atoms with Crippen LogP contribution in [0.15, 0.2) is 27.8 Å². The van der Waals surface area contributed by atoms with Crippen LogP contribution in [-0.4, -0.2) is 22.6 Å². The van der Waals surface area contributed by atoms with Gasteiger partial charge in [-0.05, 0) is 37.6 Å². The molecule has 2 heterocycles. The Bertz CT molecular complexity index is 729. The van der Waals surface area contributed by atoms with E-state index in [1.807, 2.05) is 0 Å². The summed E-state index contributed by atoms with van der Waals surface area (Å²) in [6, 6.07) is 3.64. The highest BCUT2D eigenvalue weighted by atomic mass is 19.1. The Hall–Kier alpha value is -1.95. The smallest absolute Gasteiger partial charge is 0.315 e. The number of piperidine rings is 1. The summed E-state index contributed by atoms with van der Waals surface area (Å²) in [5.74, 6) is -0.482. The third-order valence-electron chi connectivity index (χ3n) is 3.53. The van der Waals surface area contributed by atoms with E-state index >= 15 is 0 Å². The van der Waals surface area contributed by atoms with Gasteiger partial charge < -0.3 is 10.3 Å². The normalized spacial score (nSPS) is 19.7. The van der Waals surface area contributed by atoms with Gasteiger partial charge >= 0.3 is 5.69 Å². The minimum Gasteiger partial charge on any atom is -0.315 e. The van der Waals surface area contributed by atoms with Crippen molar-refractivity contribution in [2.24, 2.45) is 0 Å². The summed E-state index contributed by atoms with van der Waals surface area (Å²) >= 11 is 0. The molecule has 0 spiro atoms. The predicted molar refractivity (Wildman–Crippen MR) is 69.9 cm³/mol. The third-order valence-corrected chi connectivity index (χ3v) is 3.53. The molecule has 1 aromatic heterocycles. The van der Waals surface area contributed by atoms with Crippen molar-refractivity contribution in [1.29, 1.82) is 0 Å². The summed E-state index contributed by atoms with van der Waals surface area (Å²) in [5, 5.41) is 3.37. The van der Waals surface area contributed by atoms with E-state index in [4.69, 9.17) is 0 Å². The van der Waals surface area contributed by atoms with Crippen molar-refractivity contribution < 1.29 is 4.39 Å². The van der Waals surface area contributed by atoms with E-state index < -0.39 is 17.1 Å². The standard InChI is InChI=1S/C13H14FN3O2/c14-8-3-4-11-10(6-8)12(18)17(13(19)16-11)9-2-1-5-15-7-9/h3-4,6,9,15H,1-2,5,7H2,(H,16,19)/t9-/m1/s1. The summed E-state index contributed by atoms with van der Waals surface area (Å²) in [5.41, 5.74) is -0.485. The molecule has 0 bridgehead atoms. The molecule has 6 heteroatoms. The average molecular weight is 263 g/mol. The third kappa shape index (κ3) is 2.08. The molecule has 1 atom stereocenters. The first-order valence-electron chi connectivity index (χ1n) is 6.31. The van der Waals surface area contributed by atoms with Crippen molar-refractivity contribution in [3.63, 3.8) is 0 Å². The molecule has 1 saturated heterocycles. The maximum absolute atomic E-state index is 13.2. The number of hydrogen-bond acceptors (Lipinski definition) is 3. The lowest BCUT2D eigenvalue weighted by atomic mass is 10.1. The first kappa shape index (κ1) is 12.1. The maximum atomic E-state index is 13.2. The van der Waals surface area contributed by atoms with Crippen molar-refractivity contribution in [3.05, 3.63) is 44.9 Å². The number of rotatable bonds is 1. The fourth-order valence-corrected chi connectivity index (χ4v) is 2.59. The fourth-order valence-electron chi connectivity index (χ4n) is 2.59. The van der Waals surface area contributed by atoms with Gasteiger partial charge in [0.05, 0.1) is 16.9 Å². The molecule has 0 radical (unpaired) electrons. The quantitative estimate of drug-likeness (QED) is 0.798. The van der Waals surface area contributed by atoms with Gasteiger partial charge in [-0.25, -0.2) is 9.18 Å². The second kappa shape index (κ2) is 4.62. The topological polar surface area (TPSA) is 66.9 Å². The van der Waals surface area contributed by atoms with Gasteiger partial charge in [0, 0.05) is 6.54 Å². The van der Waals surface area contributed by atoms with E-state index in [2.05, 4.69) is 10.3 Å². The lowest BCUT2D eigenvalue weighted by Gasteiger charge is -2.24. The predicted octanol–water partition coefficient (Wildman–Crippen LogP) is 0.753. The zero-order valence-electron chi connectivity index (χ0n) is 10.3. The summed E-state index contributed by atoms with van der Waals surface area (Å²) in [7, 11) is 0. The molecular formula is C13H14FN3O2. The molecular weight excluding hydrogens is 249 g/mol. The number of nitrogens with one attached hydrogen (secondary N) is 2. The van der Waals surface area contributed by atoms with Crippen molar-refractivity contribution >= 4 is 10.9 Å². The summed E-state index contributed by atoms with van der Waals surface area (Å²) < 4.78 is 14.4. The van der Waals surface area contributed by atoms with E-state index in [0.717, 1.165) is 19.4 Å². The van der Waals surface area contributed by atoms with Crippen LogP contribution in [0.1, 0.15) is 18.9 Å². The van der Waals surface area contributed by atoms with Gasteiger partial charge in [0.1, 0.15) is 5.82 Å². The van der Waals surface area contributed by atoms with Crippen LogP contribution in [0.4, 0.5) is 4.39 Å². The molecule has 5 nitrogen and oxygen atoms in total. The number of nitrogens with zero attached hydrogens (tertiary/aromatic N) is 1. The van der Waals surface area contributed by atoms with Crippen LogP contribution >= 0.6 is 0 Å². The van der Waals surface area contributed by atoms with Crippen molar-refractivity contribution in [2.45, 2.75) is 18.9 Å². The van der Waals surface area contributed by atoms with E-state index in [1.54, 1.807) is 0 Å². The molecule has 0 unspecified atom stereocenters. The largest absolute Gasteiger partial charge is 0.329 e. The van der Waals surface area contributed by atoms with Crippen LogP contribution in [0, 0.1) is 5.82 Å². The Morgan fingerprint density at radius 1 is 1.32 bits per heavy atom. The number of halogens is 1. The molecule has 1 aliphatic rings. The Morgan fingerprint density at radius 3 is 2.89 bits per heavy atom. The first-order valence-corrected chi connectivity index (χ1v) is 6.31. The number of aromatic nitrogens is 2. The second-order valence-corrected chi connectivity index (χ2v) is 4.80. The van der Waals surface area contributed by atoms with Crippen LogP contribution in [0.2, 0.25) is 0 Å². The molecule has 1 aromatic carbocycles. The Morgan fingerprint density at radius 2 is 2.16 bits per heavy atom. The molecule has 2 aromatic rings. The van der Waals surface area contributed by atoms with Gasteiger partial charge in [-0.15, -0.1) is 0 Å². The van der Waals surface area contributed by atoms with E-state index in [-0.39, 0.29) is 11.4 Å². The SMILES string of the molecule is O=c1[nH]c2ccc(F)cc2c(=O)n1[C@@H]1CCCNC1. The lowest BCUT2D eigenvalue weighted by Crippen LogP contribution is -2.43. The summed E-state index contributed by atoms with van der Waals surface area (Å²) in [6.07, 6.45) is 1.69. The molecule has 0 aliphatic carbocycles. The van der Waals surface area contributed by atoms with Gasteiger partial charge in [-0.1, -0.05) is 0 Å². The average Bonchev–Trinajstić information content (AvgIpc) is 2.41. The second-order valence-electron chi connectivity index (χ2n) is 4.80. The fraction of sp³-hybridized carbons (Fsp3) is 0.385. The molecule has 3 rings (SSSR count). The molecule has 0 amide bonds. The van der Waals surface area contributed by atoms with Gasteiger partial charge in [-0.3, -0.25) is 9.36 Å². The Kier molecular flexibility index (Phi) is 2.94. The van der Waals surface area contributed by atoms with Crippen LogP contribution in [-0.2, 0) is 0 Å². The highest BCUT2D eigenvalue weighted by Crippen LogP contribution is 2.14. The maximum Gasteiger partial charge on any atom is 0.329 e. The van der Waals surface area contributed by atoms with E-state index in [1.165, 1.54) is 22.8 Å². The molecule has 19 heavy (non-hydrogen) atoms. The minimum atomic E-state index is -0.482. The summed E-state index contributed by atoms with van der Waals surface area (Å²) in [6.45, 7) is 1.48.